The Morgan fingerprint density at radius 1 is 0.788 bits per heavy atom. The second-order valence-corrected chi connectivity index (χ2v) is 7.05. The average molecular weight is 456 g/mol. The number of ether oxygens (including phenoxy) is 3. The molecule has 2 rings (SSSR count). The molecule has 0 aliphatic heterocycles. The smallest absolute Gasteiger partial charge is 0.338 e. The van der Waals surface area contributed by atoms with Crippen molar-refractivity contribution in [3.8, 4) is 5.75 Å². The molecule has 0 spiro atoms. The minimum atomic E-state index is -0.666. The van der Waals surface area contributed by atoms with Crippen molar-refractivity contribution in [2.45, 2.75) is 32.6 Å². The Balaban J connectivity index is 1.67. The van der Waals surface area contributed by atoms with Crippen molar-refractivity contribution in [3.05, 3.63) is 54.1 Å². The van der Waals surface area contributed by atoms with Crippen LogP contribution in [0.4, 0.5) is 11.4 Å². The Labute approximate surface area is 192 Å². The zero-order valence-electron chi connectivity index (χ0n) is 18.7. The van der Waals surface area contributed by atoms with E-state index in [9.17, 15) is 19.2 Å². The zero-order chi connectivity index (χ0) is 24.1. The summed E-state index contributed by atoms with van der Waals surface area (Å²) in [6, 6.07) is 13.0. The second-order valence-electron chi connectivity index (χ2n) is 7.05. The van der Waals surface area contributed by atoms with Gasteiger partial charge in [-0.1, -0.05) is 13.3 Å². The number of hydrogen-bond donors (Lipinski definition) is 2. The highest BCUT2D eigenvalue weighted by atomic mass is 16.5. The number of carbonyl (C=O) groups is 4. The summed E-state index contributed by atoms with van der Waals surface area (Å²) < 4.78 is 15.1. The number of amides is 2. The first-order valence-corrected chi connectivity index (χ1v) is 10.6. The summed E-state index contributed by atoms with van der Waals surface area (Å²) in [6.07, 6.45) is 1.45. The Morgan fingerprint density at radius 2 is 1.39 bits per heavy atom. The van der Waals surface area contributed by atoms with Crippen LogP contribution in [-0.4, -0.2) is 44.1 Å². The van der Waals surface area contributed by atoms with Gasteiger partial charge in [-0.05, 0) is 55.0 Å². The maximum atomic E-state index is 12.0. The van der Waals surface area contributed by atoms with Gasteiger partial charge in [0.05, 0.1) is 25.7 Å². The molecule has 0 fully saturated rings. The summed E-state index contributed by atoms with van der Waals surface area (Å²) in [5.74, 6) is -1.32. The van der Waals surface area contributed by atoms with E-state index in [0.29, 0.717) is 29.3 Å². The molecule has 176 valence electrons. The Kier molecular flexibility index (Phi) is 10.4. The first kappa shape index (κ1) is 25.4. The van der Waals surface area contributed by atoms with E-state index in [1.54, 1.807) is 48.5 Å². The largest absolute Gasteiger partial charge is 0.497 e. The number of rotatable bonds is 12. The first-order chi connectivity index (χ1) is 15.9. The number of benzene rings is 2. The van der Waals surface area contributed by atoms with Gasteiger partial charge in [0, 0.05) is 17.8 Å². The molecule has 0 aliphatic carbocycles. The lowest BCUT2D eigenvalue weighted by Crippen LogP contribution is -2.21. The van der Waals surface area contributed by atoms with Crippen LogP contribution in [0.5, 0.6) is 5.75 Å². The highest BCUT2D eigenvalue weighted by molar-refractivity contribution is 5.95. The molecule has 0 saturated heterocycles. The number of carbonyl (C=O) groups excluding carboxylic acids is 4. The maximum Gasteiger partial charge on any atom is 0.338 e. The normalized spacial score (nSPS) is 10.1. The number of hydrogen-bond acceptors (Lipinski definition) is 7. The molecule has 2 aromatic rings. The molecule has 2 N–H and O–H groups in total. The van der Waals surface area contributed by atoms with Crippen molar-refractivity contribution in [2.75, 3.05) is 31.0 Å². The topological polar surface area (TPSA) is 120 Å². The van der Waals surface area contributed by atoms with E-state index < -0.39 is 30.4 Å². The predicted octanol–water partition coefficient (Wildman–Crippen LogP) is 3.55. The van der Waals surface area contributed by atoms with E-state index in [1.807, 2.05) is 6.92 Å². The van der Waals surface area contributed by atoms with Gasteiger partial charge in [-0.3, -0.25) is 14.4 Å². The van der Waals surface area contributed by atoms with Gasteiger partial charge in [-0.15, -0.1) is 0 Å². The first-order valence-electron chi connectivity index (χ1n) is 10.6. The molecule has 2 aromatic carbocycles. The third-order valence-electron chi connectivity index (χ3n) is 4.43. The van der Waals surface area contributed by atoms with E-state index in [1.165, 1.54) is 7.11 Å². The van der Waals surface area contributed by atoms with Gasteiger partial charge >= 0.3 is 11.9 Å². The molecular formula is C24H28N2O7. The molecule has 0 heterocycles. The minimum absolute atomic E-state index is 0.111. The van der Waals surface area contributed by atoms with Crippen molar-refractivity contribution < 1.29 is 33.4 Å². The monoisotopic (exact) mass is 456 g/mol. The molecule has 0 atom stereocenters. The van der Waals surface area contributed by atoms with Gasteiger partial charge in [-0.25, -0.2) is 4.79 Å². The summed E-state index contributed by atoms with van der Waals surface area (Å²) in [4.78, 5) is 47.6. The van der Waals surface area contributed by atoms with Crippen LogP contribution in [0.25, 0.3) is 0 Å². The van der Waals surface area contributed by atoms with Crippen LogP contribution in [-0.2, 0) is 23.9 Å². The lowest BCUT2D eigenvalue weighted by molar-refractivity contribution is -0.147. The van der Waals surface area contributed by atoms with Crippen molar-refractivity contribution in [2.24, 2.45) is 0 Å². The number of methoxy groups -OCH3 is 1. The molecule has 0 bridgehead atoms. The number of esters is 2. The third kappa shape index (κ3) is 9.42. The standard InChI is InChI=1S/C24H28N2O7/c1-3-4-15-32-24(30)17-5-7-18(8-6-17)25-21(27)13-14-23(29)33-16-22(28)26-19-9-11-20(31-2)12-10-19/h5-12H,3-4,13-16H2,1-2H3,(H,25,27)(H,26,28). The lowest BCUT2D eigenvalue weighted by Gasteiger charge is -2.08. The average Bonchev–Trinajstić information content (AvgIpc) is 2.82. The van der Waals surface area contributed by atoms with Gasteiger partial charge in [-0.2, -0.15) is 0 Å². The Bertz CT molecular complexity index is 940. The van der Waals surface area contributed by atoms with Crippen LogP contribution in [0.2, 0.25) is 0 Å². The predicted molar refractivity (Wildman–Crippen MR) is 122 cm³/mol. The summed E-state index contributed by atoms with van der Waals surface area (Å²) in [7, 11) is 1.54. The van der Waals surface area contributed by atoms with Crippen LogP contribution in [0.3, 0.4) is 0 Å². The lowest BCUT2D eigenvalue weighted by atomic mass is 10.2. The number of unbranched alkanes of at least 4 members (excludes halogenated alkanes) is 1. The molecule has 2 amide bonds. The van der Waals surface area contributed by atoms with Gasteiger partial charge in [0.1, 0.15) is 5.75 Å². The minimum Gasteiger partial charge on any atom is -0.497 e. The fourth-order valence-corrected chi connectivity index (χ4v) is 2.61. The van der Waals surface area contributed by atoms with Crippen molar-refractivity contribution >= 4 is 35.1 Å². The van der Waals surface area contributed by atoms with E-state index >= 15 is 0 Å². The second kappa shape index (κ2) is 13.5. The third-order valence-corrected chi connectivity index (χ3v) is 4.43. The summed E-state index contributed by atoms with van der Waals surface area (Å²) >= 11 is 0. The molecule has 0 unspecified atom stereocenters. The highest BCUT2D eigenvalue weighted by Gasteiger charge is 2.12. The fourth-order valence-electron chi connectivity index (χ4n) is 2.61. The molecular weight excluding hydrogens is 428 g/mol. The van der Waals surface area contributed by atoms with Crippen LogP contribution in [0.15, 0.2) is 48.5 Å². The fraction of sp³-hybridized carbons (Fsp3) is 0.333. The molecule has 0 radical (unpaired) electrons. The van der Waals surface area contributed by atoms with Crippen LogP contribution >= 0.6 is 0 Å². The maximum absolute atomic E-state index is 12.0. The van der Waals surface area contributed by atoms with Crippen molar-refractivity contribution in [1.82, 2.24) is 0 Å². The van der Waals surface area contributed by atoms with Crippen LogP contribution in [0, 0.1) is 0 Å². The van der Waals surface area contributed by atoms with Gasteiger partial charge in [0.15, 0.2) is 6.61 Å². The van der Waals surface area contributed by atoms with E-state index in [-0.39, 0.29) is 12.8 Å². The Morgan fingerprint density at radius 3 is 2.00 bits per heavy atom. The number of nitrogens with one attached hydrogen (secondary N) is 2. The van der Waals surface area contributed by atoms with Crippen molar-refractivity contribution in [1.29, 1.82) is 0 Å². The summed E-state index contributed by atoms with van der Waals surface area (Å²) in [5.41, 5.74) is 1.41. The highest BCUT2D eigenvalue weighted by Crippen LogP contribution is 2.15. The molecule has 0 saturated carbocycles. The zero-order valence-corrected chi connectivity index (χ0v) is 18.7. The molecule has 9 heteroatoms. The number of anilines is 2. The SMILES string of the molecule is CCCCOC(=O)c1ccc(NC(=O)CCC(=O)OCC(=O)Nc2ccc(OC)cc2)cc1. The van der Waals surface area contributed by atoms with Gasteiger partial charge in [0.25, 0.3) is 5.91 Å². The molecule has 0 aromatic heterocycles. The Hall–Kier alpha value is -3.88. The van der Waals surface area contributed by atoms with E-state index in [4.69, 9.17) is 14.2 Å². The van der Waals surface area contributed by atoms with Crippen LogP contribution < -0.4 is 15.4 Å². The molecule has 0 aliphatic rings. The quantitative estimate of drug-likeness (QED) is 0.370. The summed E-state index contributed by atoms with van der Waals surface area (Å²) in [5, 5.41) is 5.22. The van der Waals surface area contributed by atoms with E-state index in [2.05, 4.69) is 10.6 Å². The van der Waals surface area contributed by atoms with Gasteiger partial charge in [0.2, 0.25) is 5.91 Å². The van der Waals surface area contributed by atoms with Crippen molar-refractivity contribution in [3.63, 3.8) is 0 Å². The van der Waals surface area contributed by atoms with Gasteiger partial charge < -0.3 is 24.8 Å². The van der Waals surface area contributed by atoms with E-state index in [0.717, 1.165) is 12.8 Å². The molecule has 9 nitrogen and oxygen atoms in total. The molecule has 33 heavy (non-hydrogen) atoms. The van der Waals surface area contributed by atoms with Crippen LogP contribution in [0.1, 0.15) is 43.0 Å². The summed E-state index contributed by atoms with van der Waals surface area (Å²) in [6.45, 7) is 1.92.